The molecule has 3 atom stereocenters. The molecule has 0 aromatic heterocycles. The highest BCUT2D eigenvalue weighted by Gasteiger charge is 2.08. The van der Waals surface area contributed by atoms with Crippen LogP contribution >= 0.6 is 0 Å². The molecule has 0 aliphatic carbocycles. The standard InChI is InChI=1S/C11H24.C8H18.C5H12.3C3H6.6CH4/c1-6-10(4)8-11(5)7-9(2)3;1-5-8(4)6-7(2)3;1-4-5(2)3;3*1-3-2;;;;;;/h9-11H,6-8H2,1-5H3;7-8H,5-6H2,1-4H3;5H,4H2,1-3H3;3*3H,1H2,2H3;6*1H4. The molecule has 39 heavy (non-hydrogen) atoms. The predicted molar refractivity (Wildman–Crippen MR) is 205 cm³/mol. The van der Waals surface area contributed by atoms with Crippen LogP contribution in [0.25, 0.3) is 0 Å². The molecule has 0 heteroatoms. The molecule has 3 unspecified atom stereocenters. The Morgan fingerprint density at radius 3 is 0.692 bits per heavy atom. The van der Waals surface area contributed by atoms with Crippen molar-refractivity contribution >= 4 is 0 Å². The van der Waals surface area contributed by atoms with E-state index in [0.29, 0.717) is 0 Å². The minimum Gasteiger partial charge on any atom is -0.103 e. The van der Waals surface area contributed by atoms with Crippen LogP contribution in [0.15, 0.2) is 38.0 Å². The van der Waals surface area contributed by atoms with Crippen molar-refractivity contribution in [2.24, 2.45) is 35.5 Å². The fourth-order valence-corrected chi connectivity index (χ4v) is 2.73. The van der Waals surface area contributed by atoms with E-state index < -0.39 is 0 Å². The van der Waals surface area contributed by atoms with E-state index in [1.165, 1.54) is 38.5 Å². The van der Waals surface area contributed by atoms with Gasteiger partial charge < -0.3 is 0 Å². The summed E-state index contributed by atoms with van der Waals surface area (Å²) in [5.74, 6) is 5.40. The lowest BCUT2D eigenvalue weighted by molar-refractivity contribution is 0.350. The fourth-order valence-electron chi connectivity index (χ4n) is 2.73. The smallest absolute Gasteiger partial charge is 0.0438 e. The second kappa shape index (κ2) is 71.0. The molecule has 0 spiro atoms. The van der Waals surface area contributed by atoms with Gasteiger partial charge in [0.05, 0.1) is 0 Å². The average molecular weight is 565 g/mol. The van der Waals surface area contributed by atoms with E-state index in [-0.39, 0.29) is 44.6 Å². The van der Waals surface area contributed by atoms with Gasteiger partial charge in [0, 0.05) is 0 Å². The molecule has 0 radical (unpaired) electrons. The molecule has 0 saturated carbocycles. The van der Waals surface area contributed by atoms with Crippen molar-refractivity contribution in [1.82, 2.24) is 0 Å². The zero-order valence-electron chi connectivity index (χ0n) is 26.6. The second-order valence-corrected chi connectivity index (χ2v) is 10.7. The van der Waals surface area contributed by atoms with Gasteiger partial charge in [-0.15, -0.1) is 19.7 Å². The van der Waals surface area contributed by atoms with Crippen LogP contribution in [0.1, 0.15) is 187 Å². The van der Waals surface area contributed by atoms with Crippen LogP contribution in [0.2, 0.25) is 0 Å². The lowest BCUT2D eigenvalue weighted by Gasteiger charge is -2.17. The van der Waals surface area contributed by atoms with E-state index in [2.05, 4.69) is 103 Å². The van der Waals surface area contributed by atoms with Gasteiger partial charge in [-0.3, -0.25) is 0 Å². The molecule has 0 saturated heterocycles. The zero-order valence-corrected chi connectivity index (χ0v) is 26.6. The van der Waals surface area contributed by atoms with Gasteiger partial charge in [0.15, 0.2) is 0 Å². The van der Waals surface area contributed by atoms with Gasteiger partial charge in [-0.25, -0.2) is 0 Å². The van der Waals surface area contributed by atoms with Crippen LogP contribution in [0.5, 0.6) is 0 Å². The first-order chi connectivity index (χ1) is 15.2. The quantitative estimate of drug-likeness (QED) is 0.244. The molecule has 0 heterocycles. The Morgan fingerprint density at radius 2 is 0.564 bits per heavy atom. The summed E-state index contributed by atoms with van der Waals surface area (Å²) in [6, 6.07) is 0. The highest BCUT2D eigenvalue weighted by atomic mass is 14.1. The molecule has 0 N–H and O–H groups in total. The summed E-state index contributed by atoms with van der Waals surface area (Å²) in [6.45, 7) is 43.2. The first-order valence-electron chi connectivity index (χ1n) is 13.9. The first kappa shape index (κ1) is 77.0. The minimum atomic E-state index is 0. The van der Waals surface area contributed by atoms with Gasteiger partial charge in [0.25, 0.3) is 0 Å². The summed E-state index contributed by atoms with van der Waals surface area (Å²) in [5.41, 5.74) is 0. The third-order valence-corrected chi connectivity index (χ3v) is 4.76. The van der Waals surface area contributed by atoms with Crippen molar-refractivity contribution in [3.63, 3.8) is 0 Å². The summed E-state index contributed by atoms with van der Waals surface area (Å²) in [6.07, 6.45) is 13.4. The van der Waals surface area contributed by atoms with E-state index >= 15 is 0 Å². The number of rotatable bonds is 9. The van der Waals surface area contributed by atoms with Gasteiger partial charge in [0.2, 0.25) is 0 Å². The summed E-state index contributed by atoms with van der Waals surface area (Å²) < 4.78 is 0. The van der Waals surface area contributed by atoms with E-state index in [4.69, 9.17) is 0 Å². The van der Waals surface area contributed by atoms with Crippen molar-refractivity contribution in [3.05, 3.63) is 38.0 Å². The van der Waals surface area contributed by atoms with Gasteiger partial charge in [-0.05, 0) is 75.5 Å². The minimum absolute atomic E-state index is 0. The SMILES string of the molecule is C.C.C.C.C.C.C=CC.C=CC.C=CC.CCC(C)C.CCC(C)CC(C)C.CCC(C)CC(C)CC(C)C. The second-order valence-electron chi connectivity index (χ2n) is 10.7. The molecule has 0 rings (SSSR count). The first-order valence-corrected chi connectivity index (χ1v) is 13.9. The van der Waals surface area contributed by atoms with Crippen LogP contribution in [-0.4, -0.2) is 0 Å². The Morgan fingerprint density at radius 1 is 0.385 bits per heavy atom. The van der Waals surface area contributed by atoms with Crippen LogP contribution in [0, 0.1) is 35.5 Å². The lowest BCUT2D eigenvalue weighted by atomic mass is 9.89. The van der Waals surface area contributed by atoms with E-state index in [1.54, 1.807) is 18.2 Å². The number of allylic oxidation sites excluding steroid dienone is 3. The Balaban J connectivity index is -0.0000000234. The van der Waals surface area contributed by atoms with Gasteiger partial charge in [0.1, 0.15) is 0 Å². The molecule has 0 aromatic rings. The highest BCUT2D eigenvalue weighted by molar-refractivity contribution is 4.60. The molecule has 0 fully saturated rings. The zero-order chi connectivity index (χ0) is 27.8. The van der Waals surface area contributed by atoms with Crippen molar-refractivity contribution in [1.29, 1.82) is 0 Å². The van der Waals surface area contributed by atoms with Gasteiger partial charge in [-0.1, -0.05) is 165 Å². The van der Waals surface area contributed by atoms with E-state index in [1.807, 2.05) is 20.8 Å². The highest BCUT2D eigenvalue weighted by Crippen LogP contribution is 2.20. The van der Waals surface area contributed by atoms with Crippen LogP contribution in [-0.2, 0) is 0 Å². The maximum Gasteiger partial charge on any atom is -0.0438 e. The molecule has 0 amide bonds. The van der Waals surface area contributed by atoms with Crippen molar-refractivity contribution in [2.45, 2.75) is 187 Å². The van der Waals surface area contributed by atoms with E-state index in [9.17, 15) is 0 Å². The molecule has 0 nitrogen and oxygen atoms in total. The Hall–Kier alpha value is -0.780. The molecule has 0 aromatic carbocycles. The molecular formula is C39H96. The summed E-state index contributed by atoms with van der Waals surface area (Å²) in [4.78, 5) is 0. The number of hydrogen-bond acceptors (Lipinski definition) is 0. The largest absolute Gasteiger partial charge is 0.103 e. The van der Waals surface area contributed by atoms with Crippen LogP contribution in [0.4, 0.5) is 0 Å². The molecule has 252 valence electrons. The van der Waals surface area contributed by atoms with Crippen LogP contribution < -0.4 is 0 Å². The lowest BCUT2D eigenvalue weighted by Crippen LogP contribution is -2.05. The topological polar surface area (TPSA) is 0 Å². The van der Waals surface area contributed by atoms with Crippen molar-refractivity contribution in [3.8, 4) is 0 Å². The monoisotopic (exact) mass is 565 g/mol. The Labute approximate surface area is 260 Å². The maximum absolute atomic E-state index is 3.36. The maximum atomic E-state index is 3.36. The average Bonchev–Trinajstić information content (AvgIpc) is 2.69. The summed E-state index contributed by atoms with van der Waals surface area (Å²) in [5, 5.41) is 0. The number of hydrogen-bond donors (Lipinski definition) is 0. The van der Waals surface area contributed by atoms with Crippen molar-refractivity contribution < 1.29 is 0 Å². The Kier molecular flexibility index (Phi) is 140. The van der Waals surface area contributed by atoms with Crippen LogP contribution in [0.3, 0.4) is 0 Å². The molecule has 0 aliphatic rings. The fraction of sp³-hybridized carbons (Fsp3) is 0.846. The summed E-state index contributed by atoms with van der Waals surface area (Å²) in [7, 11) is 0. The molecular weight excluding hydrogens is 468 g/mol. The van der Waals surface area contributed by atoms with Gasteiger partial charge >= 0.3 is 0 Å². The molecule has 0 bridgehead atoms. The third kappa shape index (κ3) is 156. The predicted octanol–water partition coefficient (Wildman–Crippen LogP) is 16.6. The third-order valence-electron chi connectivity index (χ3n) is 4.76. The van der Waals surface area contributed by atoms with Gasteiger partial charge in [-0.2, -0.15) is 0 Å². The summed E-state index contributed by atoms with van der Waals surface area (Å²) >= 11 is 0. The van der Waals surface area contributed by atoms with E-state index in [0.717, 1.165) is 35.5 Å². The normalized spacial score (nSPS) is 10.0. The Bertz CT molecular complexity index is 307. The molecule has 0 aliphatic heterocycles. The van der Waals surface area contributed by atoms with Crippen molar-refractivity contribution in [2.75, 3.05) is 0 Å².